The minimum Gasteiger partial charge on any atom is -0.546 e. The summed E-state index contributed by atoms with van der Waals surface area (Å²) in [5.41, 5.74) is 0.255. The van der Waals surface area contributed by atoms with Crippen LogP contribution in [0.15, 0.2) is 53.4 Å². The Bertz CT molecular complexity index is 757. The molecule has 0 bridgehead atoms. The highest BCUT2D eigenvalue weighted by Crippen LogP contribution is 2.19. The molecule has 0 radical (unpaired) electrons. The second kappa shape index (κ2) is 6.44. The predicted octanol–water partition coefficient (Wildman–Crippen LogP) is 0.755. The van der Waals surface area contributed by atoms with Gasteiger partial charge < -0.3 is 14.6 Å². The van der Waals surface area contributed by atoms with Crippen molar-refractivity contribution >= 4 is 21.7 Å². The van der Waals surface area contributed by atoms with Crippen molar-refractivity contribution in [2.45, 2.75) is 4.90 Å². The standard InChI is InChI=1S/C14H12FNO5S/c15-10-1-7-13(8-2-10)22(19,20)16-11-3-5-12(6-4-11)21-9-14(17)18/h1-8,16H,9H2,(H,17,18)/p-1. The van der Waals surface area contributed by atoms with Gasteiger partial charge in [-0.05, 0) is 48.5 Å². The van der Waals surface area contributed by atoms with Gasteiger partial charge in [-0.1, -0.05) is 0 Å². The lowest BCUT2D eigenvalue weighted by Crippen LogP contribution is -2.28. The van der Waals surface area contributed by atoms with E-state index in [4.69, 9.17) is 4.74 Å². The van der Waals surface area contributed by atoms with Crippen molar-refractivity contribution < 1.29 is 27.4 Å². The minimum absolute atomic E-state index is 0.0776. The number of carboxylic acids is 1. The molecule has 0 amide bonds. The molecule has 6 nitrogen and oxygen atoms in total. The van der Waals surface area contributed by atoms with Crippen LogP contribution in [0.4, 0.5) is 10.1 Å². The molecule has 0 atom stereocenters. The Morgan fingerprint density at radius 3 is 2.23 bits per heavy atom. The van der Waals surface area contributed by atoms with E-state index in [1.54, 1.807) is 0 Å². The van der Waals surface area contributed by atoms with Crippen LogP contribution in [-0.4, -0.2) is 21.0 Å². The van der Waals surface area contributed by atoms with E-state index < -0.39 is 28.4 Å². The third-order valence-corrected chi connectivity index (χ3v) is 3.98. The van der Waals surface area contributed by atoms with Crippen molar-refractivity contribution in [3.05, 3.63) is 54.3 Å². The van der Waals surface area contributed by atoms with Crippen LogP contribution in [-0.2, 0) is 14.8 Å². The maximum absolute atomic E-state index is 12.8. The molecule has 1 N–H and O–H groups in total. The van der Waals surface area contributed by atoms with E-state index >= 15 is 0 Å². The Kier molecular flexibility index (Phi) is 4.62. The van der Waals surface area contributed by atoms with Gasteiger partial charge in [-0.15, -0.1) is 0 Å². The second-order valence-corrected chi connectivity index (χ2v) is 5.93. The maximum atomic E-state index is 12.8. The fourth-order valence-corrected chi connectivity index (χ4v) is 2.65. The van der Waals surface area contributed by atoms with Crippen LogP contribution >= 0.6 is 0 Å². The minimum atomic E-state index is -3.83. The van der Waals surface area contributed by atoms with Crippen LogP contribution in [0.25, 0.3) is 0 Å². The number of carboxylic acid groups (broad SMARTS) is 1. The molecule has 0 aliphatic rings. The third-order valence-electron chi connectivity index (χ3n) is 2.59. The zero-order chi connectivity index (χ0) is 16.2. The van der Waals surface area contributed by atoms with E-state index in [1.807, 2.05) is 0 Å². The monoisotopic (exact) mass is 324 g/mol. The van der Waals surface area contributed by atoms with Crippen LogP contribution in [0.1, 0.15) is 0 Å². The van der Waals surface area contributed by atoms with E-state index in [1.165, 1.54) is 24.3 Å². The Balaban J connectivity index is 2.09. The fourth-order valence-electron chi connectivity index (χ4n) is 1.59. The van der Waals surface area contributed by atoms with Crippen molar-refractivity contribution in [3.8, 4) is 5.75 Å². The topological polar surface area (TPSA) is 95.5 Å². The first-order chi connectivity index (χ1) is 10.4. The molecule has 0 unspecified atom stereocenters. The molecule has 0 aliphatic carbocycles. The van der Waals surface area contributed by atoms with Gasteiger partial charge in [0.15, 0.2) is 0 Å². The number of hydrogen-bond donors (Lipinski definition) is 1. The summed E-state index contributed by atoms with van der Waals surface area (Å²) in [5.74, 6) is -1.64. The largest absolute Gasteiger partial charge is 0.546 e. The number of rotatable bonds is 6. The van der Waals surface area contributed by atoms with Crippen LogP contribution in [0, 0.1) is 5.82 Å². The van der Waals surface area contributed by atoms with Crippen molar-refractivity contribution in [3.63, 3.8) is 0 Å². The molecule has 0 spiro atoms. The number of carbonyl (C=O) groups excluding carboxylic acids is 1. The van der Waals surface area contributed by atoms with E-state index in [-0.39, 0.29) is 16.3 Å². The molecular weight excluding hydrogens is 313 g/mol. The first-order valence-electron chi connectivity index (χ1n) is 6.08. The number of halogens is 1. The normalized spacial score (nSPS) is 11.0. The number of sulfonamides is 1. The molecule has 8 heteroatoms. The predicted molar refractivity (Wildman–Crippen MR) is 74.2 cm³/mol. The van der Waals surface area contributed by atoms with Gasteiger partial charge in [0, 0.05) is 5.69 Å². The summed E-state index contributed by atoms with van der Waals surface area (Å²) in [6.07, 6.45) is 0. The lowest BCUT2D eigenvalue weighted by Gasteiger charge is -2.10. The van der Waals surface area contributed by atoms with E-state index in [2.05, 4.69) is 4.72 Å². The molecule has 0 aliphatic heterocycles. The highest BCUT2D eigenvalue weighted by molar-refractivity contribution is 7.92. The van der Waals surface area contributed by atoms with Gasteiger partial charge in [0.05, 0.1) is 10.9 Å². The highest BCUT2D eigenvalue weighted by atomic mass is 32.2. The van der Waals surface area contributed by atoms with Gasteiger partial charge in [0.2, 0.25) is 0 Å². The Hall–Kier alpha value is -2.61. The van der Waals surface area contributed by atoms with Crippen LogP contribution < -0.4 is 14.6 Å². The van der Waals surface area contributed by atoms with Crippen molar-refractivity contribution in [1.82, 2.24) is 0 Å². The number of benzene rings is 2. The molecule has 0 aromatic heterocycles. The van der Waals surface area contributed by atoms with Gasteiger partial charge in [-0.25, -0.2) is 12.8 Å². The quantitative estimate of drug-likeness (QED) is 0.846. The number of hydrogen-bond acceptors (Lipinski definition) is 5. The highest BCUT2D eigenvalue weighted by Gasteiger charge is 2.14. The maximum Gasteiger partial charge on any atom is 0.261 e. The smallest absolute Gasteiger partial charge is 0.261 e. The number of anilines is 1. The molecule has 2 rings (SSSR count). The Morgan fingerprint density at radius 1 is 1.09 bits per heavy atom. The van der Waals surface area contributed by atoms with Gasteiger partial charge in [-0.3, -0.25) is 4.72 Å². The summed E-state index contributed by atoms with van der Waals surface area (Å²) in [6, 6.07) is 10.0. The summed E-state index contributed by atoms with van der Waals surface area (Å²) in [7, 11) is -3.83. The van der Waals surface area contributed by atoms with Gasteiger partial charge >= 0.3 is 0 Å². The number of carbonyl (C=O) groups is 1. The van der Waals surface area contributed by atoms with E-state index in [9.17, 15) is 22.7 Å². The van der Waals surface area contributed by atoms with Crippen molar-refractivity contribution in [2.24, 2.45) is 0 Å². The van der Waals surface area contributed by atoms with E-state index in [0.29, 0.717) is 0 Å². The number of nitrogens with one attached hydrogen (secondary N) is 1. The zero-order valence-electron chi connectivity index (χ0n) is 11.2. The lowest BCUT2D eigenvalue weighted by molar-refractivity contribution is -0.307. The van der Waals surface area contributed by atoms with Gasteiger partial charge in [-0.2, -0.15) is 0 Å². The summed E-state index contributed by atoms with van der Waals surface area (Å²) in [5, 5.41) is 10.3. The Labute approximate surface area is 126 Å². The summed E-state index contributed by atoms with van der Waals surface area (Å²) >= 11 is 0. The first kappa shape index (κ1) is 15.8. The van der Waals surface area contributed by atoms with Gasteiger partial charge in [0.25, 0.3) is 10.0 Å². The van der Waals surface area contributed by atoms with Gasteiger partial charge in [0.1, 0.15) is 18.2 Å². The molecule has 0 fully saturated rings. The molecule has 2 aromatic rings. The Morgan fingerprint density at radius 2 is 1.68 bits per heavy atom. The second-order valence-electron chi connectivity index (χ2n) is 4.24. The molecule has 0 heterocycles. The third kappa shape index (κ3) is 4.19. The first-order valence-corrected chi connectivity index (χ1v) is 7.56. The van der Waals surface area contributed by atoms with Crippen LogP contribution in [0.2, 0.25) is 0 Å². The van der Waals surface area contributed by atoms with Crippen molar-refractivity contribution in [2.75, 3.05) is 11.3 Å². The molecule has 0 saturated heterocycles. The van der Waals surface area contributed by atoms with E-state index in [0.717, 1.165) is 24.3 Å². The molecule has 2 aromatic carbocycles. The number of ether oxygens (including phenoxy) is 1. The van der Waals surface area contributed by atoms with Crippen LogP contribution in [0.3, 0.4) is 0 Å². The summed E-state index contributed by atoms with van der Waals surface area (Å²) < 4.78 is 44.1. The molecule has 22 heavy (non-hydrogen) atoms. The summed E-state index contributed by atoms with van der Waals surface area (Å²) in [6.45, 7) is -0.597. The average Bonchev–Trinajstić information content (AvgIpc) is 2.46. The summed E-state index contributed by atoms with van der Waals surface area (Å²) in [4.78, 5) is 10.2. The average molecular weight is 324 g/mol. The van der Waals surface area contributed by atoms with Crippen molar-refractivity contribution in [1.29, 1.82) is 0 Å². The zero-order valence-corrected chi connectivity index (χ0v) is 12.0. The number of aliphatic carboxylic acids is 1. The lowest BCUT2D eigenvalue weighted by atomic mass is 10.3. The molecule has 116 valence electrons. The SMILES string of the molecule is O=C([O-])COc1ccc(NS(=O)(=O)c2ccc(F)cc2)cc1. The van der Waals surface area contributed by atoms with Crippen LogP contribution in [0.5, 0.6) is 5.75 Å². The molecular formula is C14H11FNO5S-. The molecule has 0 saturated carbocycles. The fraction of sp³-hybridized carbons (Fsp3) is 0.0714.